The van der Waals surface area contributed by atoms with Gasteiger partial charge in [0.15, 0.2) is 6.61 Å². The average molecular weight is 373 g/mol. The Kier molecular flexibility index (Phi) is 5.82. The third kappa shape index (κ3) is 5.31. The van der Waals surface area contributed by atoms with E-state index in [4.69, 9.17) is 4.74 Å². The zero-order valence-electron chi connectivity index (χ0n) is 16.3. The van der Waals surface area contributed by atoms with Crippen LogP contribution < -0.4 is 5.32 Å². The lowest BCUT2D eigenvalue weighted by Gasteiger charge is -2.25. The van der Waals surface area contributed by atoms with E-state index in [2.05, 4.69) is 14.9 Å². The molecule has 1 amide bonds. The number of ether oxygens (including phenoxy) is 1. The predicted molar refractivity (Wildman–Crippen MR) is 103 cm³/mol. The summed E-state index contributed by atoms with van der Waals surface area (Å²) in [5.41, 5.74) is 1.27. The first-order chi connectivity index (χ1) is 12.8. The van der Waals surface area contributed by atoms with Crippen LogP contribution in [0.3, 0.4) is 0 Å². The fourth-order valence-corrected chi connectivity index (χ4v) is 3.45. The molecule has 6 heteroatoms. The second-order valence-electron chi connectivity index (χ2n) is 8.20. The first-order valence-corrected chi connectivity index (χ1v) is 9.60. The first kappa shape index (κ1) is 19.4. The number of halogens is 1. The zero-order valence-corrected chi connectivity index (χ0v) is 16.3. The Labute approximate surface area is 159 Å². The van der Waals surface area contributed by atoms with E-state index in [1.165, 1.54) is 31.4 Å². The Balaban J connectivity index is 1.81. The van der Waals surface area contributed by atoms with Gasteiger partial charge in [-0.3, -0.25) is 0 Å². The molecule has 0 bridgehead atoms. The molecule has 0 atom stereocenters. The minimum Gasteiger partial charge on any atom is -0.441 e. The van der Waals surface area contributed by atoms with Crippen molar-refractivity contribution in [2.75, 3.05) is 0 Å². The molecule has 0 aliphatic heterocycles. The van der Waals surface area contributed by atoms with Gasteiger partial charge in [0, 0.05) is 23.3 Å². The molecule has 1 heterocycles. The van der Waals surface area contributed by atoms with Crippen molar-refractivity contribution in [3.63, 3.8) is 0 Å². The molecule has 146 valence electrons. The van der Waals surface area contributed by atoms with Crippen molar-refractivity contribution in [3.05, 3.63) is 42.1 Å². The number of hydrogen-bond donors (Lipinski definition) is 1. The molecule has 2 aromatic rings. The highest BCUT2D eigenvalue weighted by molar-refractivity contribution is 5.68. The smallest absolute Gasteiger partial charge is 0.407 e. The van der Waals surface area contributed by atoms with E-state index < -0.39 is 6.09 Å². The molecule has 0 spiro atoms. The molecular weight excluding hydrogens is 345 g/mol. The third-order valence-corrected chi connectivity index (χ3v) is 4.73. The Bertz CT molecular complexity index is 772. The molecule has 1 aliphatic carbocycles. The second-order valence-corrected chi connectivity index (χ2v) is 8.20. The van der Waals surface area contributed by atoms with E-state index in [0.29, 0.717) is 6.04 Å². The lowest BCUT2D eigenvalue weighted by Crippen LogP contribution is -2.40. The number of amides is 1. The molecule has 0 radical (unpaired) electrons. The largest absolute Gasteiger partial charge is 0.441 e. The van der Waals surface area contributed by atoms with Gasteiger partial charge in [-0.15, -0.1) is 0 Å². The number of benzene rings is 1. The Hall–Kier alpha value is -2.37. The van der Waals surface area contributed by atoms with Crippen LogP contribution in [0.25, 0.3) is 11.3 Å². The van der Waals surface area contributed by atoms with Gasteiger partial charge in [-0.25, -0.2) is 14.2 Å². The van der Waals surface area contributed by atoms with Crippen molar-refractivity contribution in [1.82, 2.24) is 14.9 Å². The van der Waals surface area contributed by atoms with Gasteiger partial charge in [0.1, 0.15) is 11.6 Å². The molecule has 1 aliphatic rings. The van der Waals surface area contributed by atoms with E-state index in [-0.39, 0.29) is 18.0 Å². The van der Waals surface area contributed by atoms with Gasteiger partial charge in [0.25, 0.3) is 0 Å². The average Bonchev–Trinajstić information content (AvgIpc) is 3.04. The van der Waals surface area contributed by atoms with Crippen molar-refractivity contribution >= 4 is 6.09 Å². The van der Waals surface area contributed by atoms with Crippen LogP contribution in [0.15, 0.2) is 30.5 Å². The minimum atomic E-state index is -0.455. The number of imidazole rings is 1. The summed E-state index contributed by atoms with van der Waals surface area (Å²) >= 11 is 0. The Morgan fingerprint density at radius 2 is 1.89 bits per heavy atom. The summed E-state index contributed by atoms with van der Waals surface area (Å²) in [4.78, 5) is 16.7. The molecule has 1 N–H and O–H groups in total. The topological polar surface area (TPSA) is 56.1 Å². The SMILES string of the molecule is CC(C)(C)NC(=O)OCc1nc(-c2ccc(F)cc2)cn1C1CCCCC1. The molecule has 0 saturated heterocycles. The van der Waals surface area contributed by atoms with Crippen molar-refractivity contribution < 1.29 is 13.9 Å². The Morgan fingerprint density at radius 1 is 1.22 bits per heavy atom. The van der Waals surface area contributed by atoms with Crippen molar-refractivity contribution in [1.29, 1.82) is 0 Å². The minimum absolute atomic E-state index is 0.111. The quantitative estimate of drug-likeness (QED) is 0.799. The summed E-state index contributed by atoms with van der Waals surface area (Å²) in [6.07, 6.45) is 7.39. The van der Waals surface area contributed by atoms with Crippen LogP contribution in [0.2, 0.25) is 0 Å². The molecule has 0 unspecified atom stereocenters. The molecule has 1 aromatic carbocycles. The number of carbonyl (C=O) groups excluding carboxylic acids is 1. The summed E-state index contributed by atoms with van der Waals surface area (Å²) in [7, 11) is 0. The van der Waals surface area contributed by atoms with E-state index in [1.807, 2.05) is 27.0 Å². The Morgan fingerprint density at radius 3 is 2.52 bits per heavy atom. The highest BCUT2D eigenvalue weighted by Gasteiger charge is 2.22. The maximum absolute atomic E-state index is 13.2. The van der Waals surface area contributed by atoms with E-state index in [1.54, 1.807) is 12.1 Å². The third-order valence-electron chi connectivity index (χ3n) is 4.73. The van der Waals surface area contributed by atoms with Gasteiger partial charge in [-0.1, -0.05) is 19.3 Å². The predicted octanol–water partition coefficient (Wildman–Crippen LogP) is 5.22. The molecule has 3 rings (SSSR count). The molecule has 1 fully saturated rings. The van der Waals surface area contributed by atoms with Gasteiger partial charge < -0.3 is 14.6 Å². The number of aromatic nitrogens is 2. The molecule has 1 saturated carbocycles. The van der Waals surface area contributed by atoms with Crippen LogP contribution in [0.5, 0.6) is 0 Å². The van der Waals surface area contributed by atoms with Crippen LogP contribution in [0, 0.1) is 5.82 Å². The summed E-state index contributed by atoms with van der Waals surface area (Å²) in [5, 5.41) is 2.79. The van der Waals surface area contributed by atoms with Crippen LogP contribution in [0.4, 0.5) is 9.18 Å². The van der Waals surface area contributed by atoms with Gasteiger partial charge in [0.2, 0.25) is 0 Å². The van der Waals surface area contributed by atoms with Crippen molar-refractivity contribution in [2.45, 2.75) is 71.1 Å². The normalized spacial score (nSPS) is 15.6. The zero-order chi connectivity index (χ0) is 19.4. The number of nitrogens with zero attached hydrogens (tertiary/aromatic N) is 2. The maximum Gasteiger partial charge on any atom is 0.407 e. The summed E-state index contributed by atoms with van der Waals surface area (Å²) in [5.74, 6) is 0.457. The van der Waals surface area contributed by atoms with Gasteiger partial charge in [0.05, 0.1) is 5.69 Å². The summed E-state index contributed by atoms with van der Waals surface area (Å²) in [6.45, 7) is 5.83. The summed E-state index contributed by atoms with van der Waals surface area (Å²) in [6, 6.07) is 6.67. The van der Waals surface area contributed by atoms with Crippen molar-refractivity contribution in [2.24, 2.45) is 0 Å². The highest BCUT2D eigenvalue weighted by Crippen LogP contribution is 2.31. The molecular formula is C21H28FN3O2. The van der Waals surface area contributed by atoms with Crippen LogP contribution in [-0.4, -0.2) is 21.2 Å². The van der Waals surface area contributed by atoms with E-state index in [9.17, 15) is 9.18 Å². The molecule has 1 aromatic heterocycles. The second kappa shape index (κ2) is 8.11. The monoisotopic (exact) mass is 373 g/mol. The van der Waals surface area contributed by atoms with Crippen LogP contribution >= 0.6 is 0 Å². The number of rotatable bonds is 4. The number of hydrogen-bond acceptors (Lipinski definition) is 3. The summed E-state index contributed by atoms with van der Waals surface area (Å²) < 4.78 is 20.8. The fraction of sp³-hybridized carbons (Fsp3) is 0.524. The highest BCUT2D eigenvalue weighted by atomic mass is 19.1. The fourth-order valence-electron chi connectivity index (χ4n) is 3.45. The maximum atomic E-state index is 13.2. The number of carbonyl (C=O) groups is 1. The van der Waals surface area contributed by atoms with Gasteiger partial charge >= 0.3 is 6.09 Å². The van der Waals surface area contributed by atoms with E-state index in [0.717, 1.165) is 29.9 Å². The standard InChI is InChI=1S/C21H28FN3O2/c1-21(2,3)24-20(26)27-14-19-23-18(15-9-11-16(22)12-10-15)13-25(19)17-7-5-4-6-8-17/h9-13,17H,4-8,14H2,1-3H3,(H,24,26). The van der Waals surface area contributed by atoms with Crippen molar-refractivity contribution in [3.8, 4) is 11.3 Å². The lowest BCUT2D eigenvalue weighted by molar-refractivity contribution is 0.126. The number of nitrogens with one attached hydrogen (secondary N) is 1. The van der Waals surface area contributed by atoms with Gasteiger partial charge in [-0.05, 0) is 57.9 Å². The molecule has 27 heavy (non-hydrogen) atoms. The van der Waals surface area contributed by atoms with Crippen LogP contribution in [-0.2, 0) is 11.3 Å². The van der Waals surface area contributed by atoms with Gasteiger partial charge in [-0.2, -0.15) is 0 Å². The van der Waals surface area contributed by atoms with Crippen LogP contribution in [0.1, 0.15) is 64.7 Å². The lowest BCUT2D eigenvalue weighted by atomic mass is 9.95. The van der Waals surface area contributed by atoms with E-state index >= 15 is 0 Å². The molecule has 5 nitrogen and oxygen atoms in total. The first-order valence-electron chi connectivity index (χ1n) is 9.60. The number of alkyl carbamates (subject to hydrolysis) is 1.